The topological polar surface area (TPSA) is 25.4 Å². The molecule has 0 amide bonds. The first-order valence-corrected chi connectivity index (χ1v) is 6.68. The molecule has 0 saturated carbocycles. The molecule has 0 saturated heterocycles. The summed E-state index contributed by atoms with van der Waals surface area (Å²) in [6.45, 7) is 7.64. The number of para-hydroxylation sites is 1. The predicted molar refractivity (Wildman–Crippen MR) is 79.3 cm³/mol. The Morgan fingerprint density at radius 2 is 1.79 bits per heavy atom. The van der Waals surface area contributed by atoms with Crippen molar-refractivity contribution in [2.75, 3.05) is 18.1 Å². The van der Waals surface area contributed by atoms with E-state index in [1.165, 1.54) is 5.69 Å². The van der Waals surface area contributed by atoms with Crippen LogP contribution >= 0.6 is 0 Å². The fraction of sp³-hybridized carbons (Fsp3) is 0.312. The lowest BCUT2D eigenvalue weighted by molar-refractivity contribution is 0.326. The molecule has 2 rings (SSSR count). The molecule has 0 spiro atoms. The van der Waals surface area contributed by atoms with Crippen molar-refractivity contribution in [3.63, 3.8) is 0 Å². The van der Waals surface area contributed by atoms with Gasteiger partial charge >= 0.3 is 0 Å². The Hall–Kier alpha value is -2.03. The Balaban J connectivity index is 2.38. The van der Waals surface area contributed by atoms with E-state index in [4.69, 9.17) is 4.74 Å². The summed E-state index contributed by atoms with van der Waals surface area (Å²) in [4.78, 5) is 6.63. The normalized spacial score (nSPS) is 10.3. The van der Waals surface area contributed by atoms with Crippen LogP contribution in [0.4, 0.5) is 11.4 Å². The zero-order chi connectivity index (χ0) is 13.7. The fourth-order valence-corrected chi connectivity index (χ4v) is 2.12. The molecule has 2 aromatic rings. The average molecular weight is 256 g/mol. The van der Waals surface area contributed by atoms with E-state index in [1.54, 1.807) is 0 Å². The third kappa shape index (κ3) is 3.25. The molecule has 1 aromatic carbocycles. The SMILES string of the molecule is CCOc1cc(N(CC)c2ccccc2)cc(C)n1. The zero-order valence-electron chi connectivity index (χ0n) is 11.8. The highest BCUT2D eigenvalue weighted by molar-refractivity contribution is 5.64. The zero-order valence-corrected chi connectivity index (χ0v) is 11.8. The minimum Gasteiger partial charge on any atom is -0.478 e. The molecule has 0 aliphatic carbocycles. The number of hydrogen-bond acceptors (Lipinski definition) is 3. The Morgan fingerprint density at radius 1 is 1.05 bits per heavy atom. The summed E-state index contributed by atoms with van der Waals surface area (Å²) >= 11 is 0. The molecule has 0 bridgehead atoms. The highest BCUT2D eigenvalue weighted by Gasteiger charge is 2.09. The summed E-state index contributed by atoms with van der Waals surface area (Å²) in [5.74, 6) is 0.687. The van der Waals surface area contributed by atoms with Crippen LogP contribution in [-0.4, -0.2) is 18.1 Å². The molecule has 3 nitrogen and oxygen atoms in total. The number of pyridine rings is 1. The van der Waals surface area contributed by atoms with Crippen molar-refractivity contribution >= 4 is 11.4 Å². The minimum atomic E-state index is 0.632. The van der Waals surface area contributed by atoms with Gasteiger partial charge in [0.15, 0.2) is 0 Å². The summed E-state index contributed by atoms with van der Waals surface area (Å²) in [5, 5.41) is 0. The van der Waals surface area contributed by atoms with Crippen LogP contribution in [-0.2, 0) is 0 Å². The van der Waals surface area contributed by atoms with Gasteiger partial charge in [0.2, 0.25) is 5.88 Å². The van der Waals surface area contributed by atoms with E-state index in [9.17, 15) is 0 Å². The molecule has 0 fully saturated rings. The molecule has 0 atom stereocenters. The van der Waals surface area contributed by atoms with Crippen LogP contribution < -0.4 is 9.64 Å². The van der Waals surface area contributed by atoms with Gasteiger partial charge in [-0.1, -0.05) is 18.2 Å². The minimum absolute atomic E-state index is 0.632. The molecule has 1 aromatic heterocycles. The van der Waals surface area contributed by atoms with E-state index in [0.29, 0.717) is 12.5 Å². The van der Waals surface area contributed by atoms with Crippen molar-refractivity contribution in [2.45, 2.75) is 20.8 Å². The van der Waals surface area contributed by atoms with E-state index in [1.807, 2.05) is 26.0 Å². The highest BCUT2D eigenvalue weighted by atomic mass is 16.5. The van der Waals surface area contributed by atoms with Crippen molar-refractivity contribution in [2.24, 2.45) is 0 Å². The van der Waals surface area contributed by atoms with Crippen LogP contribution in [0.1, 0.15) is 19.5 Å². The molecule has 0 unspecified atom stereocenters. The van der Waals surface area contributed by atoms with E-state index in [-0.39, 0.29) is 0 Å². The third-order valence-electron chi connectivity index (χ3n) is 2.90. The monoisotopic (exact) mass is 256 g/mol. The number of ether oxygens (including phenoxy) is 1. The first-order chi connectivity index (χ1) is 9.24. The first kappa shape index (κ1) is 13.4. The number of aryl methyl sites for hydroxylation is 1. The number of hydrogen-bond donors (Lipinski definition) is 0. The van der Waals surface area contributed by atoms with E-state index in [0.717, 1.165) is 17.9 Å². The predicted octanol–water partition coefficient (Wildman–Crippen LogP) is 3.95. The van der Waals surface area contributed by atoms with Gasteiger partial charge in [-0.15, -0.1) is 0 Å². The number of nitrogens with zero attached hydrogens (tertiary/aromatic N) is 2. The second kappa shape index (κ2) is 6.23. The lowest BCUT2D eigenvalue weighted by Gasteiger charge is -2.24. The van der Waals surface area contributed by atoms with Crippen molar-refractivity contribution in [3.05, 3.63) is 48.2 Å². The quantitative estimate of drug-likeness (QED) is 0.810. The fourth-order valence-electron chi connectivity index (χ4n) is 2.12. The standard InChI is InChI=1S/C16H20N2O/c1-4-18(14-9-7-6-8-10-14)15-11-13(3)17-16(12-15)19-5-2/h6-12H,4-5H2,1-3H3. The van der Waals surface area contributed by atoms with Gasteiger partial charge in [-0.05, 0) is 39.0 Å². The van der Waals surface area contributed by atoms with Crippen LogP contribution in [0.25, 0.3) is 0 Å². The van der Waals surface area contributed by atoms with Crippen molar-refractivity contribution in [3.8, 4) is 5.88 Å². The lowest BCUT2D eigenvalue weighted by Crippen LogP contribution is -2.16. The maximum Gasteiger partial charge on any atom is 0.215 e. The van der Waals surface area contributed by atoms with Gasteiger partial charge in [0, 0.05) is 29.7 Å². The second-order valence-electron chi connectivity index (χ2n) is 4.32. The maximum absolute atomic E-state index is 5.52. The number of anilines is 2. The van der Waals surface area contributed by atoms with Crippen molar-refractivity contribution < 1.29 is 4.74 Å². The molecule has 3 heteroatoms. The average Bonchev–Trinajstić information content (AvgIpc) is 2.40. The second-order valence-corrected chi connectivity index (χ2v) is 4.32. The molecule has 0 aliphatic heterocycles. The van der Waals surface area contributed by atoms with Gasteiger partial charge in [-0.2, -0.15) is 0 Å². The van der Waals surface area contributed by atoms with Crippen LogP contribution in [0.5, 0.6) is 5.88 Å². The molecule has 0 aliphatic rings. The van der Waals surface area contributed by atoms with Gasteiger partial charge in [0.1, 0.15) is 0 Å². The third-order valence-corrected chi connectivity index (χ3v) is 2.90. The van der Waals surface area contributed by atoms with E-state index in [2.05, 4.69) is 47.1 Å². The summed E-state index contributed by atoms with van der Waals surface area (Å²) < 4.78 is 5.52. The molecule has 100 valence electrons. The summed E-state index contributed by atoms with van der Waals surface area (Å²) in [6, 6.07) is 14.4. The number of aromatic nitrogens is 1. The molecule has 19 heavy (non-hydrogen) atoms. The van der Waals surface area contributed by atoms with Crippen LogP contribution in [0, 0.1) is 6.92 Å². The van der Waals surface area contributed by atoms with E-state index >= 15 is 0 Å². The van der Waals surface area contributed by atoms with Crippen LogP contribution in [0.2, 0.25) is 0 Å². The highest BCUT2D eigenvalue weighted by Crippen LogP contribution is 2.27. The summed E-state index contributed by atoms with van der Waals surface area (Å²) in [5.41, 5.74) is 3.26. The van der Waals surface area contributed by atoms with Gasteiger partial charge in [-0.25, -0.2) is 4.98 Å². The largest absolute Gasteiger partial charge is 0.478 e. The number of rotatable bonds is 5. The smallest absolute Gasteiger partial charge is 0.215 e. The van der Waals surface area contributed by atoms with Crippen molar-refractivity contribution in [1.29, 1.82) is 0 Å². The van der Waals surface area contributed by atoms with Crippen molar-refractivity contribution in [1.82, 2.24) is 4.98 Å². The Kier molecular flexibility index (Phi) is 4.39. The Bertz CT molecular complexity index is 526. The van der Waals surface area contributed by atoms with Gasteiger partial charge < -0.3 is 9.64 Å². The Labute approximate surface area is 114 Å². The molecule has 0 N–H and O–H groups in total. The maximum atomic E-state index is 5.52. The lowest BCUT2D eigenvalue weighted by atomic mass is 10.2. The summed E-state index contributed by atoms with van der Waals surface area (Å²) in [6.07, 6.45) is 0. The molecule has 0 radical (unpaired) electrons. The van der Waals surface area contributed by atoms with Crippen LogP contribution in [0.15, 0.2) is 42.5 Å². The summed E-state index contributed by atoms with van der Waals surface area (Å²) in [7, 11) is 0. The van der Waals surface area contributed by atoms with E-state index < -0.39 is 0 Å². The molecular formula is C16H20N2O. The van der Waals surface area contributed by atoms with Gasteiger partial charge in [-0.3, -0.25) is 0 Å². The van der Waals surface area contributed by atoms with Gasteiger partial charge in [0.05, 0.1) is 6.61 Å². The molecular weight excluding hydrogens is 236 g/mol. The Morgan fingerprint density at radius 3 is 2.42 bits per heavy atom. The molecule has 1 heterocycles. The van der Waals surface area contributed by atoms with Gasteiger partial charge in [0.25, 0.3) is 0 Å². The number of benzene rings is 1. The first-order valence-electron chi connectivity index (χ1n) is 6.68. The van der Waals surface area contributed by atoms with Crippen LogP contribution in [0.3, 0.4) is 0 Å².